The molecule has 2 heterocycles. The fraction of sp³-hybridized carbons (Fsp3) is 0.182. The second-order valence-electron chi connectivity index (χ2n) is 7.18. The number of benzene rings is 2. The monoisotopic (exact) mass is 454 g/mol. The molecule has 0 spiro atoms. The number of rotatable bonds is 6. The van der Waals surface area contributed by atoms with Crippen LogP contribution in [0.15, 0.2) is 54.6 Å². The molecule has 0 atom stereocenters. The maximum absolute atomic E-state index is 13.0. The van der Waals surface area contributed by atoms with Crippen molar-refractivity contribution < 1.29 is 27.4 Å². The average Bonchev–Trinajstić information content (AvgIpc) is 3.12. The van der Waals surface area contributed by atoms with Crippen molar-refractivity contribution in [2.45, 2.75) is 19.8 Å². The van der Waals surface area contributed by atoms with Gasteiger partial charge in [-0.3, -0.25) is 0 Å². The van der Waals surface area contributed by atoms with Crippen LogP contribution < -0.4 is 14.8 Å². The fourth-order valence-electron chi connectivity index (χ4n) is 3.34. The predicted molar refractivity (Wildman–Crippen MR) is 117 cm³/mol. The Balaban J connectivity index is 1.52. The zero-order chi connectivity index (χ0) is 23.6. The van der Waals surface area contributed by atoms with E-state index in [1.54, 1.807) is 36.8 Å². The van der Waals surface area contributed by atoms with Crippen molar-refractivity contribution in [2.24, 2.45) is 0 Å². The Morgan fingerprint density at radius 1 is 1.15 bits per heavy atom. The number of fused-ring (bicyclic) bond motifs is 1. The normalized spacial score (nSPS) is 11.3. The van der Waals surface area contributed by atoms with Crippen LogP contribution in [0.5, 0.6) is 11.6 Å². The van der Waals surface area contributed by atoms with Crippen LogP contribution in [0.2, 0.25) is 0 Å². The Hall–Kier alpha value is -3.89. The third kappa shape index (κ3) is 5.13. The van der Waals surface area contributed by atoms with E-state index in [9.17, 15) is 18.0 Å². The quantitative estimate of drug-likeness (QED) is 0.471. The van der Waals surface area contributed by atoms with E-state index >= 15 is 0 Å². The second kappa shape index (κ2) is 8.93. The Morgan fingerprint density at radius 3 is 2.58 bits per heavy atom. The molecule has 0 aliphatic carbocycles. The first-order chi connectivity index (χ1) is 15.7. The fourth-order valence-corrected chi connectivity index (χ4v) is 3.34. The standard InChI is InChI=1S/C22H18BF3N4O3/c1-13-20(28-21(31)17-11-19(32-2)27-18-6-4-3-5-16(17)18)29-23-30(13)12-14-7-9-15(10-8-14)33-22(24,25)26/h3-11H,12H2,1-2H3,(H,28,31). The van der Waals surface area contributed by atoms with Crippen LogP contribution in [0.4, 0.5) is 19.0 Å². The van der Waals surface area contributed by atoms with E-state index in [1.807, 2.05) is 12.1 Å². The molecule has 0 fully saturated rings. The molecule has 33 heavy (non-hydrogen) atoms. The molecule has 1 amide bonds. The Morgan fingerprint density at radius 2 is 1.88 bits per heavy atom. The summed E-state index contributed by atoms with van der Waals surface area (Å²) in [6.45, 7) is 2.14. The molecule has 4 rings (SSSR count). The van der Waals surface area contributed by atoms with Gasteiger partial charge in [-0.15, -0.1) is 0 Å². The molecule has 2 aromatic carbocycles. The SMILES string of the molecule is COc1cc(C(=O)Nc2nbn(Cc3ccc(OC(F)(F)F)cc3)c2C)c2ccccc2n1. The van der Waals surface area contributed by atoms with Crippen LogP contribution >= 0.6 is 0 Å². The van der Waals surface area contributed by atoms with Crippen LogP contribution in [0.25, 0.3) is 10.9 Å². The Labute approximate surface area is 187 Å². The molecule has 2 aromatic heterocycles. The number of carbonyl (C=O) groups is 1. The molecule has 0 saturated heterocycles. The van der Waals surface area contributed by atoms with Gasteiger partial charge in [0.15, 0.2) is 0 Å². The molecule has 0 radical (unpaired) electrons. The van der Waals surface area contributed by atoms with E-state index in [-0.39, 0.29) is 11.7 Å². The summed E-state index contributed by atoms with van der Waals surface area (Å²) in [5, 5.41) is 3.49. The zero-order valence-corrected chi connectivity index (χ0v) is 17.7. The van der Waals surface area contributed by atoms with E-state index in [2.05, 4.69) is 19.9 Å². The number of pyridine rings is 1. The average molecular weight is 454 g/mol. The molecule has 0 aliphatic heterocycles. The molecular weight excluding hydrogens is 436 g/mol. The minimum absolute atomic E-state index is 0.290. The molecule has 168 valence electrons. The van der Waals surface area contributed by atoms with Gasteiger partial charge in [-0.2, -0.15) is 0 Å². The van der Waals surface area contributed by atoms with Gasteiger partial charge in [-0.25, -0.2) is 0 Å². The van der Waals surface area contributed by atoms with Gasteiger partial charge in [0.25, 0.3) is 0 Å². The topological polar surface area (TPSA) is 78.3 Å². The van der Waals surface area contributed by atoms with Gasteiger partial charge in [0.2, 0.25) is 0 Å². The van der Waals surface area contributed by atoms with Gasteiger partial charge in [0, 0.05) is 0 Å². The summed E-state index contributed by atoms with van der Waals surface area (Å²) >= 11 is 0. The molecule has 0 saturated carbocycles. The van der Waals surface area contributed by atoms with Gasteiger partial charge < -0.3 is 0 Å². The number of alkyl halides is 3. The first-order valence-corrected chi connectivity index (χ1v) is 9.85. The molecule has 7 nitrogen and oxygen atoms in total. The number of halogens is 3. The number of anilines is 1. The number of para-hydroxylation sites is 1. The van der Waals surface area contributed by atoms with Gasteiger partial charge in [0.05, 0.1) is 0 Å². The van der Waals surface area contributed by atoms with Crippen LogP contribution in [-0.2, 0) is 6.54 Å². The van der Waals surface area contributed by atoms with E-state index in [4.69, 9.17) is 4.74 Å². The van der Waals surface area contributed by atoms with Crippen molar-refractivity contribution >= 4 is 29.8 Å². The van der Waals surface area contributed by atoms with Crippen molar-refractivity contribution in [2.75, 3.05) is 12.4 Å². The van der Waals surface area contributed by atoms with Crippen molar-refractivity contribution in [1.82, 2.24) is 14.3 Å². The van der Waals surface area contributed by atoms with Crippen LogP contribution in [-0.4, -0.2) is 40.9 Å². The Kier molecular flexibility index (Phi) is 6.04. The van der Waals surface area contributed by atoms with E-state index in [0.29, 0.717) is 40.4 Å². The number of aromatic nitrogens is 3. The van der Waals surface area contributed by atoms with Crippen molar-refractivity contribution in [3.05, 3.63) is 71.4 Å². The van der Waals surface area contributed by atoms with E-state index in [1.165, 1.54) is 31.4 Å². The first-order valence-electron chi connectivity index (χ1n) is 9.85. The number of amides is 1. The molecule has 1 N–H and O–H groups in total. The summed E-state index contributed by atoms with van der Waals surface area (Å²) in [6.07, 6.45) is -4.74. The van der Waals surface area contributed by atoms with Crippen molar-refractivity contribution in [1.29, 1.82) is 0 Å². The number of ether oxygens (including phenoxy) is 2. The summed E-state index contributed by atoms with van der Waals surface area (Å²) in [6, 6.07) is 14.4. The van der Waals surface area contributed by atoms with E-state index < -0.39 is 6.36 Å². The summed E-state index contributed by atoms with van der Waals surface area (Å²) in [4.78, 5) is 21.6. The molecule has 0 unspecified atom stereocenters. The minimum atomic E-state index is -4.74. The third-order valence-electron chi connectivity index (χ3n) is 4.99. The Bertz CT molecular complexity index is 1310. The van der Waals surface area contributed by atoms with E-state index in [0.717, 1.165) is 5.56 Å². The summed E-state index contributed by atoms with van der Waals surface area (Å²) in [5.74, 6) is 0.0337. The number of hydrogen-bond acceptors (Lipinski definition) is 5. The number of methoxy groups -OCH3 is 1. The second-order valence-corrected chi connectivity index (χ2v) is 7.18. The number of nitrogens with one attached hydrogen (secondary N) is 1. The van der Waals surface area contributed by atoms with Crippen molar-refractivity contribution in [3.8, 4) is 11.6 Å². The van der Waals surface area contributed by atoms with Crippen molar-refractivity contribution in [3.63, 3.8) is 0 Å². The van der Waals surface area contributed by atoms with Crippen LogP contribution in [0, 0.1) is 6.92 Å². The number of hydrogen-bond donors (Lipinski definition) is 1. The molecular formula is C22H18BF3N4O3. The van der Waals surface area contributed by atoms with Gasteiger partial charge in [-0.05, 0) is 0 Å². The molecule has 11 heteroatoms. The van der Waals surface area contributed by atoms with Gasteiger partial charge in [-0.1, -0.05) is 0 Å². The number of nitrogens with zero attached hydrogens (tertiary/aromatic N) is 3. The van der Waals surface area contributed by atoms with Gasteiger partial charge >= 0.3 is 187 Å². The summed E-state index contributed by atoms with van der Waals surface area (Å²) in [7, 11) is 3.03. The zero-order valence-electron chi connectivity index (χ0n) is 17.7. The number of carbonyl (C=O) groups excluding carboxylic acids is 1. The predicted octanol–water partition coefficient (Wildman–Crippen LogP) is 4.29. The molecule has 0 aliphatic rings. The molecule has 0 bridgehead atoms. The van der Waals surface area contributed by atoms with Crippen LogP contribution in [0.1, 0.15) is 21.6 Å². The van der Waals surface area contributed by atoms with Crippen LogP contribution in [0.3, 0.4) is 0 Å². The van der Waals surface area contributed by atoms with Gasteiger partial charge in [0.1, 0.15) is 0 Å². The summed E-state index contributed by atoms with van der Waals surface area (Å²) < 4.78 is 47.8. The summed E-state index contributed by atoms with van der Waals surface area (Å²) in [5.41, 5.74) is 2.45. The first kappa shape index (κ1) is 22.3. The maximum atomic E-state index is 13.0. The molecule has 4 aromatic rings. The third-order valence-corrected chi connectivity index (χ3v) is 4.99.